The smallest absolute Gasteiger partial charge is 0.303 e. The highest BCUT2D eigenvalue weighted by Gasteiger charge is 2.32. The Morgan fingerprint density at radius 1 is 1.33 bits per heavy atom. The number of carboxylic acid groups (broad SMARTS) is 1. The number of carboxylic acids is 1. The zero-order valence-corrected chi connectivity index (χ0v) is 19.2. The quantitative estimate of drug-likeness (QED) is 0.367. The highest BCUT2D eigenvalue weighted by atomic mass is 32.2. The number of furan rings is 1. The highest BCUT2D eigenvalue weighted by molar-refractivity contribution is 8.26. The van der Waals surface area contributed by atoms with E-state index in [2.05, 4.69) is 10.3 Å². The number of nitrogens with one attached hydrogen (secondary N) is 1. The van der Waals surface area contributed by atoms with E-state index in [4.69, 9.17) is 21.7 Å². The van der Waals surface area contributed by atoms with Crippen LogP contribution in [0.1, 0.15) is 29.7 Å². The fourth-order valence-corrected chi connectivity index (χ4v) is 4.61. The largest absolute Gasteiger partial charge is 0.481 e. The second kappa shape index (κ2) is 9.59. The molecule has 0 atom stereocenters. The van der Waals surface area contributed by atoms with Crippen LogP contribution in [-0.2, 0) is 16.1 Å². The predicted octanol–water partition coefficient (Wildman–Crippen LogP) is 3.27. The molecule has 1 saturated heterocycles. The summed E-state index contributed by atoms with van der Waals surface area (Å²) in [5.74, 6) is -0.317. The lowest BCUT2D eigenvalue weighted by molar-refractivity contribution is -0.137. The van der Waals surface area contributed by atoms with E-state index in [1.807, 2.05) is 13.0 Å². The number of thiocarbonyl (C=S) groups is 1. The molecule has 0 radical (unpaired) electrons. The number of aliphatic carboxylic acids is 1. The minimum atomic E-state index is -0.936. The van der Waals surface area contributed by atoms with Crippen LogP contribution >= 0.6 is 24.0 Å². The molecule has 0 aromatic carbocycles. The van der Waals surface area contributed by atoms with Crippen LogP contribution in [0.4, 0.5) is 5.82 Å². The Morgan fingerprint density at radius 2 is 2.15 bits per heavy atom. The summed E-state index contributed by atoms with van der Waals surface area (Å²) in [6, 6.07) is 7.17. The number of carbonyl (C=O) groups excluding carboxylic acids is 1. The number of aryl methyl sites for hydroxylation is 1. The molecule has 2 N–H and O–H groups in total. The van der Waals surface area contributed by atoms with Crippen molar-refractivity contribution in [2.24, 2.45) is 0 Å². The summed E-state index contributed by atoms with van der Waals surface area (Å²) in [5, 5.41) is 12.0. The number of aromatic nitrogens is 2. The van der Waals surface area contributed by atoms with Crippen LogP contribution in [0.2, 0.25) is 0 Å². The minimum Gasteiger partial charge on any atom is -0.481 e. The third kappa shape index (κ3) is 4.99. The van der Waals surface area contributed by atoms with Gasteiger partial charge in [0.05, 0.1) is 23.3 Å². The number of rotatable bonds is 8. The van der Waals surface area contributed by atoms with E-state index in [0.29, 0.717) is 28.1 Å². The predicted molar refractivity (Wildman–Crippen MR) is 129 cm³/mol. The van der Waals surface area contributed by atoms with Gasteiger partial charge in [0.2, 0.25) is 0 Å². The monoisotopic (exact) mass is 484 g/mol. The Labute approximate surface area is 198 Å². The van der Waals surface area contributed by atoms with Crippen LogP contribution in [0.5, 0.6) is 0 Å². The molecule has 3 aromatic rings. The van der Waals surface area contributed by atoms with Crippen molar-refractivity contribution >= 4 is 57.7 Å². The molecule has 4 heterocycles. The molecule has 1 amide bonds. The Kier molecular flexibility index (Phi) is 6.61. The molecule has 3 aromatic heterocycles. The molecule has 0 spiro atoms. The molecular weight excluding hydrogens is 464 g/mol. The van der Waals surface area contributed by atoms with Crippen molar-refractivity contribution in [2.45, 2.75) is 26.3 Å². The van der Waals surface area contributed by atoms with Crippen LogP contribution in [0.3, 0.4) is 0 Å². The number of hydrogen-bond donors (Lipinski definition) is 2. The van der Waals surface area contributed by atoms with Crippen molar-refractivity contribution in [1.29, 1.82) is 0 Å². The summed E-state index contributed by atoms with van der Waals surface area (Å²) >= 11 is 6.38. The van der Waals surface area contributed by atoms with Gasteiger partial charge in [-0.1, -0.05) is 30.0 Å². The maximum atomic E-state index is 13.3. The summed E-state index contributed by atoms with van der Waals surface area (Å²) in [5.41, 5.74) is 1.24. The lowest BCUT2D eigenvalue weighted by Crippen LogP contribution is -2.29. The number of hydrogen-bond acceptors (Lipinski definition) is 8. The number of pyridine rings is 1. The van der Waals surface area contributed by atoms with Crippen molar-refractivity contribution < 1.29 is 19.1 Å². The number of carbonyl (C=O) groups is 2. The zero-order chi connectivity index (χ0) is 23.5. The molecule has 0 bridgehead atoms. The van der Waals surface area contributed by atoms with Gasteiger partial charge in [0.15, 0.2) is 0 Å². The van der Waals surface area contributed by atoms with Crippen molar-refractivity contribution in [3.8, 4) is 0 Å². The van der Waals surface area contributed by atoms with Gasteiger partial charge in [0, 0.05) is 19.2 Å². The van der Waals surface area contributed by atoms with E-state index in [0.717, 1.165) is 17.3 Å². The average Bonchev–Trinajstić information content (AvgIpc) is 3.38. The van der Waals surface area contributed by atoms with Crippen molar-refractivity contribution in [2.75, 3.05) is 11.9 Å². The fraction of sp³-hybridized carbons (Fsp3) is 0.227. The van der Waals surface area contributed by atoms with Gasteiger partial charge in [-0.05, 0) is 43.2 Å². The molecule has 0 saturated carbocycles. The first-order valence-corrected chi connectivity index (χ1v) is 11.3. The molecule has 1 aliphatic rings. The standard InChI is InChI=1S/C22H20N4O5S2/c1-13-6-7-17-24-19(23-11-14-4-3-9-31-14)15(20(29)26(17)12-13)10-16-21(30)25(22(32)33-16)8-2-5-18(27)28/h3-4,6-7,9-10,12,23H,2,5,8,11H2,1H3,(H,27,28)/b16-10-. The molecule has 4 rings (SSSR count). The van der Waals surface area contributed by atoms with Gasteiger partial charge in [-0.3, -0.25) is 23.7 Å². The number of thioether (sulfide) groups is 1. The first-order valence-electron chi connectivity index (χ1n) is 10.1. The van der Waals surface area contributed by atoms with Crippen LogP contribution in [-0.4, -0.2) is 42.1 Å². The Hall–Kier alpha value is -3.44. The van der Waals surface area contributed by atoms with Gasteiger partial charge in [0.25, 0.3) is 11.5 Å². The topological polar surface area (TPSA) is 117 Å². The number of nitrogens with zero attached hydrogens (tertiary/aromatic N) is 3. The average molecular weight is 485 g/mol. The van der Waals surface area contributed by atoms with E-state index in [1.54, 1.807) is 30.7 Å². The number of amides is 1. The Morgan fingerprint density at radius 3 is 2.88 bits per heavy atom. The SMILES string of the molecule is Cc1ccc2nc(NCc3ccco3)c(/C=C3\SC(=S)N(CCCC(=O)O)C3=O)c(=O)n2c1. The second-order valence-electron chi connectivity index (χ2n) is 7.38. The first-order chi connectivity index (χ1) is 15.8. The number of fused-ring (bicyclic) bond motifs is 1. The first kappa shape index (κ1) is 22.7. The molecule has 1 aliphatic heterocycles. The molecule has 33 heavy (non-hydrogen) atoms. The van der Waals surface area contributed by atoms with Crippen molar-refractivity contribution in [3.05, 3.63) is 68.9 Å². The van der Waals surface area contributed by atoms with Gasteiger partial charge < -0.3 is 14.8 Å². The van der Waals surface area contributed by atoms with Gasteiger partial charge in [-0.25, -0.2) is 4.98 Å². The minimum absolute atomic E-state index is 0.0632. The molecular formula is C22H20N4O5S2. The van der Waals surface area contributed by atoms with Gasteiger partial charge in [0.1, 0.15) is 21.5 Å². The third-order valence-electron chi connectivity index (χ3n) is 4.94. The number of anilines is 1. The Balaban J connectivity index is 1.71. The summed E-state index contributed by atoms with van der Waals surface area (Å²) in [6.45, 7) is 2.38. The zero-order valence-electron chi connectivity index (χ0n) is 17.6. The van der Waals surface area contributed by atoms with Gasteiger partial charge in [-0.15, -0.1) is 0 Å². The lowest BCUT2D eigenvalue weighted by atomic mass is 10.2. The van der Waals surface area contributed by atoms with E-state index in [-0.39, 0.29) is 41.3 Å². The molecule has 9 nitrogen and oxygen atoms in total. The lowest BCUT2D eigenvalue weighted by Gasteiger charge is -2.13. The molecule has 170 valence electrons. The van der Waals surface area contributed by atoms with E-state index in [1.165, 1.54) is 15.4 Å². The van der Waals surface area contributed by atoms with E-state index < -0.39 is 5.97 Å². The summed E-state index contributed by atoms with van der Waals surface area (Å²) in [6.07, 6.45) is 4.95. The second-order valence-corrected chi connectivity index (χ2v) is 9.05. The molecule has 1 fully saturated rings. The fourth-order valence-electron chi connectivity index (χ4n) is 3.32. The molecule has 0 unspecified atom stereocenters. The summed E-state index contributed by atoms with van der Waals surface area (Å²) in [7, 11) is 0. The van der Waals surface area contributed by atoms with Gasteiger partial charge >= 0.3 is 5.97 Å². The maximum Gasteiger partial charge on any atom is 0.303 e. The molecule has 11 heteroatoms. The van der Waals surface area contributed by atoms with Crippen LogP contribution < -0.4 is 10.9 Å². The Bertz CT molecular complexity index is 1330. The summed E-state index contributed by atoms with van der Waals surface area (Å²) in [4.78, 5) is 43.3. The van der Waals surface area contributed by atoms with E-state index >= 15 is 0 Å². The highest BCUT2D eigenvalue weighted by Crippen LogP contribution is 2.33. The third-order valence-corrected chi connectivity index (χ3v) is 6.31. The molecule has 0 aliphatic carbocycles. The van der Waals surface area contributed by atoms with Crippen molar-refractivity contribution in [3.63, 3.8) is 0 Å². The summed E-state index contributed by atoms with van der Waals surface area (Å²) < 4.78 is 7.11. The van der Waals surface area contributed by atoms with Crippen LogP contribution in [0.15, 0.2) is 50.8 Å². The van der Waals surface area contributed by atoms with Gasteiger partial charge in [-0.2, -0.15) is 0 Å². The normalized spacial score (nSPS) is 15.1. The van der Waals surface area contributed by atoms with Crippen LogP contribution in [0.25, 0.3) is 11.7 Å². The van der Waals surface area contributed by atoms with Crippen molar-refractivity contribution in [1.82, 2.24) is 14.3 Å². The van der Waals surface area contributed by atoms with E-state index in [9.17, 15) is 14.4 Å². The van der Waals surface area contributed by atoms with Crippen LogP contribution in [0, 0.1) is 6.92 Å². The maximum absolute atomic E-state index is 13.3.